The lowest BCUT2D eigenvalue weighted by molar-refractivity contribution is 0.132. The highest BCUT2D eigenvalue weighted by atomic mass is 16.5. The maximum atomic E-state index is 13.0. The van der Waals surface area contributed by atoms with E-state index in [0.717, 1.165) is 25.7 Å². The monoisotopic (exact) mass is 530 g/mol. The molecule has 0 atom stereocenters. The molecule has 0 unspecified atom stereocenters. The van der Waals surface area contributed by atoms with E-state index in [1.54, 1.807) is 6.07 Å². The van der Waals surface area contributed by atoms with Crippen LogP contribution >= 0.6 is 0 Å². The minimum Gasteiger partial charge on any atom is -0.489 e. The Balaban J connectivity index is 2.07. The molecule has 0 aliphatic heterocycles. The SMILES string of the molecule is CCCCCCCCCCOc1c(OCCCCCCCCCC)c2c(OC(C)(C)C)cccc2oc1=O. The molecule has 2 aromatic rings. The van der Waals surface area contributed by atoms with Crippen LogP contribution in [-0.2, 0) is 0 Å². The highest BCUT2D eigenvalue weighted by molar-refractivity contribution is 5.91. The summed E-state index contributed by atoms with van der Waals surface area (Å²) in [5, 5.41) is 0.674. The van der Waals surface area contributed by atoms with Crippen LogP contribution in [0.4, 0.5) is 0 Å². The van der Waals surface area contributed by atoms with Crippen LogP contribution in [-0.4, -0.2) is 18.8 Å². The third-order valence-corrected chi connectivity index (χ3v) is 6.71. The van der Waals surface area contributed by atoms with Gasteiger partial charge < -0.3 is 18.6 Å². The van der Waals surface area contributed by atoms with Gasteiger partial charge in [0.05, 0.1) is 13.2 Å². The second-order valence-electron chi connectivity index (χ2n) is 11.5. The van der Waals surface area contributed by atoms with E-state index >= 15 is 0 Å². The number of unbranched alkanes of at least 4 members (excludes halogenated alkanes) is 14. The van der Waals surface area contributed by atoms with Crippen LogP contribution in [0.25, 0.3) is 11.0 Å². The quantitative estimate of drug-likeness (QED) is 0.119. The van der Waals surface area contributed by atoms with Crippen molar-refractivity contribution in [2.45, 2.75) is 143 Å². The Morgan fingerprint density at radius 1 is 0.658 bits per heavy atom. The summed E-state index contributed by atoms with van der Waals surface area (Å²) in [5.74, 6) is 1.27. The summed E-state index contributed by atoms with van der Waals surface area (Å²) in [6.07, 6.45) is 19.5. The predicted molar refractivity (Wildman–Crippen MR) is 159 cm³/mol. The molecule has 5 nitrogen and oxygen atoms in total. The van der Waals surface area contributed by atoms with Crippen molar-refractivity contribution >= 4 is 11.0 Å². The van der Waals surface area contributed by atoms with E-state index in [-0.39, 0.29) is 5.75 Å². The molecule has 0 radical (unpaired) electrons. The van der Waals surface area contributed by atoms with Gasteiger partial charge in [-0.05, 0) is 45.7 Å². The average Bonchev–Trinajstić information content (AvgIpc) is 2.86. The maximum absolute atomic E-state index is 13.0. The first-order valence-corrected chi connectivity index (χ1v) is 15.4. The van der Waals surface area contributed by atoms with Gasteiger partial charge in [-0.25, -0.2) is 4.79 Å². The Morgan fingerprint density at radius 2 is 1.13 bits per heavy atom. The molecule has 0 N–H and O–H groups in total. The van der Waals surface area contributed by atoms with E-state index in [9.17, 15) is 4.79 Å². The lowest BCUT2D eigenvalue weighted by Crippen LogP contribution is -2.23. The van der Waals surface area contributed by atoms with Crippen molar-refractivity contribution in [2.75, 3.05) is 13.2 Å². The van der Waals surface area contributed by atoms with E-state index in [2.05, 4.69) is 13.8 Å². The number of hydrogen-bond donors (Lipinski definition) is 0. The Bertz CT molecular complexity index is 956. The van der Waals surface area contributed by atoms with Crippen LogP contribution in [0, 0.1) is 0 Å². The minimum atomic E-state index is -0.490. The first-order valence-electron chi connectivity index (χ1n) is 15.4. The minimum absolute atomic E-state index is 0.171. The lowest BCUT2D eigenvalue weighted by atomic mass is 10.1. The zero-order valence-corrected chi connectivity index (χ0v) is 25.0. The highest BCUT2D eigenvalue weighted by Gasteiger charge is 2.23. The van der Waals surface area contributed by atoms with Gasteiger partial charge in [0, 0.05) is 0 Å². The zero-order chi connectivity index (χ0) is 27.6. The summed E-state index contributed by atoms with van der Waals surface area (Å²) in [4.78, 5) is 13.0. The van der Waals surface area contributed by atoms with E-state index in [1.807, 2.05) is 32.9 Å². The van der Waals surface area contributed by atoms with Crippen LogP contribution in [0.15, 0.2) is 27.4 Å². The van der Waals surface area contributed by atoms with Gasteiger partial charge in [0.25, 0.3) is 0 Å². The van der Waals surface area contributed by atoms with E-state index in [1.165, 1.54) is 77.0 Å². The molecule has 5 heteroatoms. The molecule has 0 amide bonds. The molecule has 2 rings (SSSR count). The summed E-state index contributed by atoms with van der Waals surface area (Å²) in [7, 11) is 0. The largest absolute Gasteiger partial charge is 0.489 e. The Hall–Kier alpha value is -2.17. The number of fused-ring (bicyclic) bond motifs is 1. The first kappa shape index (κ1) is 32.0. The third-order valence-electron chi connectivity index (χ3n) is 6.71. The molecule has 0 saturated heterocycles. The number of rotatable bonds is 21. The molecule has 216 valence electrons. The summed E-state index contributed by atoms with van der Waals surface area (Å²) in [5.41, 5.74) is -0.435. The van der Waals surface area contributed by atoms with Gasteiger partial charge in [-0.1, -0.05) is 110 Å². The summed E-state index contributed by atoms with van der Waals surface area (Å²) < 4.78 is 24.3. The van der Waals surface area contributed by atoms with E-state index in [0.29, 0.717) is 35.7 Å². The fourth-order valence-electron chi connectivity index (χ4n) is 4.67. The molecular weight excluding hydrogens is 476 g/mol. The van der Waals surface area contributed by atoms with Crippen LogP contribution in [0.5, 0.6) is 17.2 Å². The maximum Gasteiger partial charge on any atom is 0.383 e. The first-order chi connectivity index (χ1) is 18.4. The van der Waals surface area contributed by atoms with Gasteiger partial charge in [-0.3, -0.25) is 0 Å². The fraction of sp³-hybridized carbons (Fsp3) is 0.727. The zero-order valence-electron chi connectivity index (χ0n) is 25.0. The van der Waals surface area contributed by atoms with Crippen molar-refractivity contribution in [3.05, 3.63) is 28.6 Å². The number of hydrogen-bond acceptors (Lipinski definition) is 5. The third kappa shape index (κ3) is 12.1. The highest BCUT2D eigenvalue weighted by Crippen LogP contribution is 2.40. The Kier molecular flexibility index (Phi) is 15.3. The topological polar surface area (TPSA) is 57.9 Å². The van der Waals surface area contributed by atoms with Crippen molar-refractivity contribution in [2.24, 2.45) is 0 Å². The number of benzene rings is 1. The molecular formula is C33H54O5. The standard InChI is InChI=1S/C33H54O5/c1-6-8-10-12-14-16-18-20-25-35-30-29-27(23-22-24-28(29)38-33(3,4)5)37-32(34)31(30)36-26-21-19-17-15-13-11-9-7-2/h22-24H,6-21,25-26H2,1-5H3. The Morgan fingerprint density at radius 3 is 1.63 bits per heavy atom. The predicted octanol–water partition coefficient (Wildman–Crippen LogP) is 10.0. The fourth-order valence-corrected chi connectivity index (χ4v) is 4.67. The smallest absolute Gasteiger partial charge is 0.383 e. The van der Waals surface area contributed by atoms with Crippen molar-refractivity contribution in [3.63, 3.8) is 0 Å². The van der Waals surface area contributed by atoms with Crippen molar-refractivity contribution in [1.29, 1.82) is 0 Å². The molecule has 1 heterocycles. The molecule has 0 aliphatic rings. The van der Waals surface area contributed by atoms with Gasteiger partial charge in [0.15, 0.2) is 5.75 Å². The summed E-state index contributed by atoms with van der Waals surface area (Å²) in [6.45, 7) is 11.5. The molecule has 0 bridgehead atoms. The molecule has 38 heavy (non-hydrogen) atoms. The summed E-state index contributed by atoms with van der Waals surface area (Å²) in [6, 6.07) is 5.53. The van der Waals surface area contributed by atoms with Crippen LogP contribution in [0.1, 0.15) is 137 Å². The second kappa shape index (κ2) is 18.2. The van der Waals surface area contributed by atoms with Crippen molar-refractivity contribution in [3.8, 4) is 17.2 Å². The molecule has 0 aliphatic carbocycles. The molecule has 0 spiro atoms. The van der Waals surface area contributed by atoms with E-state index in [4.69, 9.17) is 18.6 Å². The van der Waals surface area contributed by atoms with Crippen molar-refractivity contribution in [1.82, 2.24) is 0 Å². The summed E-state index contributed by atoms with van der Waals surface area (Å²) >= 11 is 0. The van der Waals surface area contributed by atoms with Gasteiger partial charge >= 0.3 is 5.63 Å². The number of ether oxygens (including phenoxy) is 3. The second-order valence-corrected chi connectivity index (χ2v) is 11.5. The van der Waals surface area contributed by atoms with Crippen LogP contribution < -0.4 is 19.8 Å². The molecule has 1 aromatic carbocycles. The van der Waals surface area contributed by atoms with Gasteiger partial charge in [-0.15, -0.1) is 0 Å². The molecule has 0 saturated carbocycles. The van der Waals surface area contributed by atoms with E-state index < -0.39 is 11.2 Å². The normalized spacial score (nSPS) is 11.7. The Labute approximate surface area is 231 Å². The van der Waals surface area contributed by atoms with Crippen LogP contribution in [0.2, 0.25) is 0 Å². The van der Waals surface area contributed by atoms with Gasteiger partial charge in [-0.2, -0.15) is 0 Å². The van der Waals surface area contributed by atoms with Gasteiger partial charge in [0.1, 0.15) is 22.3 Å². The van der Waals surface area contributed by atoms with Gasteiger partial charge in [0.2, 0.25) is 5.75 Å². The molecule has 0 fully saturated rings. The van der Waals surface area contributed by atoms with Crippen LogP contribution in [0.3, 0.4) is 0 Å². The van der Waals surface area contributed by atoms with Crippen molar-refractivity contribution < 1.29 is 18.6 Å². The lowest BCUT2D eigenvalue weighted by Gasteiger charge is -2.23. The molecule has 1 aromatic heterocycles. The average molecular weight is 531 g/mol.